The molecular weight excluding hydrogens is 370 g/mol. The highest BCUT2D eigenvalue weighted by Crippen LogP contribution is 2.33. The average molecular weight is 391 g/mol. The van der Waals surface area contributed by atoms with Gasteiger partial charge in [-0.15, -0.1) is 0 Å². The summed E-state index contributed by atoms with van der Waals surface area (Å²) in [5, 5.41) is 2.29. The van der Waals surface area contributed by atoms with Gasteiger partial charge in [0.05, 0.1) is 18.6 Å². The van der Waals surface area contributed by atoms with E-state index in [4.69, 9.17) is 0 Å². The maximum Gasteiger partial charge on any atom is 0.195 e. The number of carbonyl (C=O) groups excluding carboxylic acids is 1. The number of ketones is 1. The predicted octanol–water partition coefficient (Wildman–Crippen LogP) is 5.62. The Morgan fingerprint density at radius 1 is 0.933 bits per heavy atom. The van der Waals surface area contributed by atoms with E-state index in [0.29, 0.717) is 17.7 Å². The summed E-state index contributed by atoms with van der Waals surface area (Å²) in [7, 11) is 0. The minimum atomic E-state index is 0.0290. The summed E-state index contributed by atoms with van der Waals surface area (Å²) in [6.07, 6.45) is 7.48. The Morgan fingerprint density at radius 3 is 2.53 bits per heavy atom. The monoisotopic (exact) mass is 391 g/mol. The van der Waals surface area contributed by atoms with E-state index in [1.807, 2.05) is 60.2 Å². The number of aromatic amines is 1. The molecule has 0 aliphatic rings. The fourth-order valence-corrected chi connectivity index (χ4v) is 3.88. The molecule has 0 aliphatic heterocycles. The van der Waals surface area contributed by atoms with E-state index in [1.54, 1.807) is 12.5 Å². The van der Waals surface area contributed by atoms with Gasteiger partial charge in [0.1, 0.15) is 0 Å². The Bertz CT molecular complexity index is 1320. The molecule has 0 bridgehead atoms. The van der Waals surface area contributed by atoms with Crippen LogP contribution in [0.15, 0.2) is 91.6 Å². The minimum Gasteiger partial charge on any atom is -0.347 e. The predicted molar refractivity (Wildman–Crippen MR) is 120 cm³/mol. The lowest BCUT2D eigenvalue weighted by Crippen LogP contribution is -2.02. The summed E-state index contributed by atoms with van der Waals surface area (Å²) >= 11 is 0. The first-order valence-electron chi connectivity index (χ1n) is 9.95. The molecule has 0 unspecified atom stereocenters. The molecule has 0 radical (unpaired) electrons. The molecule has 0 atom stereocenters. The van der Waals surface area contributed by atoms with Gasteiger partial charge in [-0.25, -0.2) is 4.98 Å². The fourth-order valence-electron chi connectivity index (χ4n) is 3.88. The number of benzene rings is 3. The van der Waals surface area contributed by atoms with E-state index in [-0.39, 0.29) is 5.78 Å². The van der Waals surface area contributed by atoms with Crippen molar-refractivity contribution < 1.29 is 4.79 Å². The maximum absolute atomic E-state index is 13.5. The topological polar surface area (TPSA) is 50.7 Å². The molecule has 2 heterocycles. The van der Waals surface area contributed by atoms with Crippen molar-refractivity contribution in [1.29, 1.82) is 0 Å². The molecule has 0 fully saturated rings. The van der Waals surface area contributed by atoms with E-state index in [1.165, 1.54) is 0 Å². The largest absolute Gasteiger partial charge is 0.347 e. The molecule has 0 saturated heterocycles. The van der Waals surface area contributed by atoms with Crippen molar-refractivity contribution in [2.24, 2.45) is 0 Å². The molecule has 4 heteroatoms. The van der Waals surface area contributed by atoms with Gasteiger partial charge in [0, 0.05) is 35.3 Å². The number of H-pyrrole nitrogens is 1. The number of imidazole rings is 1. The summed E-state index contributed by atoms with van der Waals surface area (Å²) in [4.78, 5) is 20.7. The van der Waals surface area contributed by atoms with Crippen LogP contribution < -0.4 is 0 Å². The van der Waals surface area contributed by atoms with E-state index in [0.717, 1.165) is 33.2 Å². The smallest absolute Gasteiger partial charge is 0.195 e. The van der Waals surface area contributed by atoms with E-state index in [9.17, 15) is 4.79 Å². The van der Waals surface area contributed by atoms with E-state index in [2.05, 4.69) is 40.4 Å². The summed E-state index contributed by atoms with van der Waals surface area (Å²) in [6, 6.07) is 22.3. The van der Waals surface area contributed by atoms with Gasteiger partial charge in [-0.2, -0.15) is 0 Å². The number of fused-ring (bicyclic) bond motifs is 1. The molecule has 0 aliphatic carbocycles. The van der Waals surface area contributed by atoms with Crippen LogP contribution in [0.4, 0.5) is 0 Å². The first-order valence-corrected chi connectivity index (χ1v) is 9.95. The van der Waals surface area contributed by atoms with Crippen LogP contribution in [-0.4, -0.2) is 20.3 Å². The quantitative estimate of drug-likeness (QED) is 0.395. The molecule has 2 aromatic heterocycles. The third kappa shape index (κ3) is 3.33. The van der Waals surface area contributed by atoms with Gasteiger partial charge in [0.2, 0.25) is 0 Å². The first-order chi connectivity index (χ1) is 14.7. The van der Waals surface area contributed by atoms with Crippen LogP contribution in [0.5, 0.6) is 0 Å². The molecule has 3 aromatic carbocycles. The number of hydrogen-bond acceptors (Lipinski definition) is 2. The highest BCUT2D eigenvalue weighted by Gasteiger charge is 2.19. The zero-order valence-electron chi connectivity index (χ0n) is 16.7. The molecule has 146 valence electrons. The van der Waals surface area contributed by atoms with Crippen LogP contribution in [0.25, 0.3) is 21.9 Å². The Balaban J connectivity index is 1.67. The molecule has 0 spiro atoms. The number of aryl methyl sites for hydroxylation is 1. The van der Waals surface area contributed by atoms with Crippen LogP contribution in [0, 0.1) is 6.92 Å². The highest BCUT2D eigenvalue weighted by molar-refractivity contribution is 6.14. The van der Waals surface area contributed by atoms with Crippen molar-refractivity contribution in [3.63, 3.8) is 0 Å². The maximum atomic E-state index is 13.5. The summed E-state index contributed by atoms with van der Waals surface area (Å²) < 4.78 is 2.05. The van der Waals surface area contributed by atoms with Gasteiger partial charge in [0.15, 0.2) is 5.78 Å². The van der Waals surface area contributed by atoms with Gasteiger partial charge < -0.3 is 9.55 Å². The van der Waals surface area contributed by atoms with Gasteiger partial charge in [-0.05, 0) is 23.3 Å². The zero-order valence-corrected chi connectivity index (χ0v) is 16.7. The average Bonchev–Trinajstić information content (AvgIpc) is 3.44. The third-order valence-corrected chi connectivity index (χ3v) is 5.43. The molecule has 5 aromatic rings. The van der Waals surface area contributed by atoms with Gasteiger partial charge in [0.25, 0.3) is 0 Å². The second-order valence-electron chi connectivity index (χ2n) is 7.56. The van der Waals surface area contributed by atoms with Gasteiger partial charge in [-0.1, -0.05) is 72.3 Å². The fraction of sp³-hybridized carbons (Fsp3) is 0.0769. The van der Waals surface area contributed by atoms with Crippen molar-refractivity contribution in [3.8, 4) is 11.1 Å². The highest BCUT2D eigenvalue weighted by atomic mass is 16.1. The molecule has 0 amide bonds. The van der Waals surface area contributed by atoms with Crippen molar-refractivity contribution in [1.82, 2.24) is 14.5 Å². The second-order valence-corrected chi connectivity index (χ2v) is 7.56. The Labute approximate surface area is 174 Å². The van der Waals surface area contributed by atoms with E-state index < -0.39 is 0 Å². The molecule has 1 N–H and O–H groups in total. The molecule has 0 saturated carbocycles. The molecule has 30 heavy (non-hydrogen) atoms. The van der Waals surface area contributed by atoms with Crippen molar-refractivity contribution >= 4 is 16.6 Å². The van der Waals surface area contributed by atoms with Crippen LogP contribution in [-0.2, 0) is 6.54 Å². The lowest BCUT2D eigenvalue weighted by molar-refractivity contribution is 0.103. The Morgan fingerprint density at radius 2 is 1.73 bits per heavy atom. The van der Waals surface area contributed by atoms with Crippen LogP contribution >= 0.6 is 0 Å². The summed E-state index contributed by atoms with van der Waals surface area (Å²) in [6.45, 7) is 2.65. The number of rotatable bonds is 5. The number of carbonyl (C=O) groups is 1. The number of hydrogen-bond donors (Lipinski definition) is 1. The van der Waals surface area contributed by atoms with Crippen molar-refractivity contribution in [2.75, 3.05) is 0 Å². The van der Waals surface area contributed by atoms with Crippen LogP contribution in [0.2, 0.25) is 0 Å². The standard InChI is InChI=1S/C26H21N3O/c1-18-9-11-20(12-10-18)26(30)25-16-29(14-21-13-27-17-28-21)15-24(25)23-8-4-6-19-5-2-3-7-22(19)23/h2-13,15-17H,14H2,1H3,(H,27,28). The minimum absolute atomic E-state index is 0.0290. The first kappa shape index (κ1) is 18.1. The zero-order chi connectivity index (χ0) is 20.5. The van der Waals surface area contributed by atoms with Crippen LogP contribution in [0.3, 0.4) is 0 Å². The summed E-state index contributed by atoms with van der Waals surface area (Å²) in [5.41, 5.74) is 5.53. The van der Waals surface area contributed by atoms with Crippen molar-refractivity contribution in [3.05, 3.63) is 114 Å². The number of nitrogens with zero attached hydrogens (tertiary/aromatic N) is 2. The molecule has 4 nitrogen and oxygen atoms in total. The summed E-state index contributed by atoms with van der Waals surface area (Å²) in [5.74, 6) is 0.0290. The lowest BCUT2D eigenvalue weighted by Gasteiger charge is -2.08. The SMILES string of the molecule is Cc1ccc(C(=O)c2cn(Cc3cnc[nH]3)cc2-c2cccc3ccccc23)cc1. The number of aromatic nitrogens is 3. The normalized spacial score (nSPS) is 11.1. The number of nitrogens with one attached hydrogen (secondary N) is 1. The van der Waals surface area contributed by atoms with Crippen LogP contribution in [0.1, 0.15) is 27.2 Å². The Kier molecular flexibility index (Phi) is 4.52. The van der Waals surface area contributed by atoms with Crippen molar-refractivity contribution in [2.45, 2.75) is 13.5 Å². The van der Waals surface area contributed by atoms with Gasteiger partial charge >= 0.3 is 0 Å². The second kappa shape index (κ2) is 7.48. The Hall–Kier alpha value is -3.92. The molecule has 5 rings (SSSR count). The third-order valence-electron chi connectivity index (χ3n) is 5.43. The van der Waals surface area contributed by atoms with Gasteiger partial charge in [-0.3, -0.25) is 4.79 Å². The van der Waals surface area contributed by atoms with E-state index >= 15 is 0 Å². The lowest BCUT2D eigenvalue weighted by atomic mass is 9.94. The molecular formula is C26H21N3O.